The van der Waals surface area contributed by atoms with E-state index in [4.69, 9.17) is 9.47 Å². The summed E-state index contributed by atoms with van der Waals surface area (Å²) in [7, 11) is 0. The van der Waals surface area contributed by atoms with Crippen molar-refractivity contribution in [2.24, 2.45) is 5.92 Å². The lowest BCUT2D eigenvalue weighted by molar-refractivity contribution is -0.149. The van der Waals surface area contributed by atoms with E-state index in [1.165, 1.54) is 11.1 Å². The van der Waals surface area contributed by atoms with Crippen LogP contribution in [0.3, 0.4) is 0 Å². The van der Waals surface area contributed by atoms with Crippen LogP contribution in [0.25, 0.3) is 0 Å². The van der Waals surface area contributed by atoms with Gasteiger partial charge in [-0.05, 0) is 43.9 Å². The Bertz CT molecular complexity index is 437. The molecule has 0 fully saturated rings. The Labute approximate surface area is 102 Å². The lowest BCUT2D eigenvalue weighted by Gasteiger charge is -2.25. The first-order valence-corrected chi connectivity index (χ1v) is 6.02. The van der Waals surface area contributed by atoms with Gasteiger partial charge in [0.1, 0.15) is 12.4 Å². The highest BCUT2D eigenvalue weighted by atomic mass is 16.5. The van der Waals surface area contributed by atoms with E-state index in [-0.39, 0.29) is 11.9 Å². The van der Waals surface area contributed by atoms with Crippen molar-refractivity contribution in [3.05, 3.63) is 28.8 Å². The molecule has 1 unspecified atom stereocenters. The minimum absolute atomic E-state index is 0.156. The van der Waals surface area contributed by atoms with E-state index < -0.39 is 0 Å². The van der Waals surface area contributed by atoms with Gasteiger partial charge in [-0.1, -0.05) is 12.1 Å². The average Bonchev–Trinajstić information content (AvgIpc) is 2.34. The third-order valence-electron chi connectivity index (χ3n) is 3.27. The van der Waals surface area contributed by atoms with Crippen molar-refractivity contribution in [2.45, 2.75) is 27.2 Å². The monoisotopic (exact) mass is 234 g/mol. The Morgan fingerprint density at radius 1 is 1.47 bits per heavy atom. The Hall–Kier alpha value is -1.51. The smallest absolute Gasteiger partial charge is 0.312 e. The molecule has 0 saturated carbocycles. The number of ether oxygens (including phenoxy) is 2. The fraction of sp³-hybridized carbons (Fsp3) is 0.500. The Balaban J connectivity index is 2.20. The molecule has 3 heteroatoms. The molecule has 0 aliphatic carbocycles. The highest BCUT2D eigenvalue weighted by molar-refractivity contribution is 5.73. The van der Waals surface area contributed by atoms with Crippen molar-refractivity contribution >= 4 is 5.97 Å². The highest BCUT2D eigenvalue weighted by Gasteiger charge is 2.28. The van der Waals surface area contributed by atoms with E-state index in [0.29, 0.717) is 13.2 Å². The minimum Gasteiger partial charge on any atom is -0.492 e. The molecule has 0 N–H and O–H groups in total. The van der Waals surface area contributed by atoms with Gasteiger partial charge in [0.05, 0.1) is 12.5 Å². The zero-order valence-corrected chi connectivity index (χ0v) is 10.6. The van der Waals surface area contributed by atoms with Crippen molar-refractivity contribution in [3.63, 3.8) is 0 Å². The predicted molar refractivity (Wildman–Crippen MR) is 65.2 cm³/mol. The van der Waals surface area contributed by atoms with Gasteiger partial charge >= 0.3 is 5.97 Å². The number of hydrogen-bond donors (Lipinski definition) is 0. The van der Waals surface area contributed by atoms with Gasteiger partial charge in [0.25, 0.3) is 0 Å². The SMILES string of the molecule is CCOC(=O)C1COc2c(ccc(C)c2C)C1. The maximum absolute atomic E-state index is 11.7. The van der Waals surface area contributed by atoms with Crippen molar-refractivity contribution in [2.75, 3.05) is 13.2 Å². The van der Waals surface area contributed by atoms with E-state index in [1.54, 1.807) is 0 Å². The maximum Gasteiger partial charge on any atom is 0.312 e. The van der Waals surface area contributed by atoms with E-state index in [1.807, 2.05) is 13.0 Å². The average molecular weight is 234 g/mol. The second kappa shape index (κ2) is 4.78. The molecule has 1 atom stereocenters. The van der Waals surface area contributed by atoms with Crippen LogP contribution in [0.1, 0.15) is 23.6 Å². The predicted octanol–water partition coefficient (Wildman–Crippen LogP) is 2.42. The first kappa shape index (κ1) is 12.0. The number of hydrogen-bond acceptors (Lipinski definition) is 3. The highest BCUT2D eigenvalue weighted by Crippen LogP contribution is 2.32. The van der Waals surface area contributed by atoms with Gasteiger partial charge in [-0.25, -0.2) is 0 Å². The summed E-state index contributed by atoms with van der Waals surface area (Å²) in [6.07, 6.45) is 0.718. The first-order valence-electron chi connectivity index (χ1n) is 6.02. The summed E-state index contributed by atoms with van der Waals surface area (Å²) in [6, 6.07) is 4.12. The Kier molecular flexibility index (Phi) is 3.36. The molecule has 92 valence electrons. The number of esters is 1. The molecule has 1 aliphatic rings. The Morgan fingerprint density at radius 3 is 2.94 bits per heavy atom. The van der Waals surface area contributed by atoms with Crippen LogP contribution in [-0.2, 0) is 16.0 Å². The van der Waals surface area contributed by atoms with Gasteiger partial charge in [-0.3, -0.25) is 4.79 Å². The maximum atomic E-state index is 11.7. The van der Waals surface area contributed by atoms with Crippen LogP contribution < -0.4 is 4.74 Å². The van der Waals surface area contributed by atoms with Crippen LogP contribution in [0.15, 0.2) is 12.1 Å². The molecule has 0 aromatic heterocycles. The number of carbonyl (C=O) groups is 1. The van der Waals surface area contributed by atoms with Crippen molar-refractivity contribution in [3.8, 4) is 5.75 Å². The van der Waals surface area contributed by atoms with Gasteiger partial charge < -0.3 is 9.47 Å². The van der Waals surface area contributed by atoms with Gasteiger partial charge in [0, 0.05) is 0 Å². The summed E-state index contributed by atoms with van der Waals surface area (Å²) >= 11 is 0. The van der Waals surface area contributed by atoms with Crippen LogP contribution in [0, 0.1) is 19.8 Å². The van der Waals surface area contributed by atoms with E-state index >= 15 is 0 Å². The molecule has 0 spiro atoms. The second-order valence-corrected chi connectivity index (χ2v) is 4.46. The normalized spacial score (nSPS) is 18.2. The zero-order chi connectivity index (χ0) is 12.4. The standard InChI is InChI=1S/C14H18O3/c1-4-16-14(15)12-7-11-6-5-9(2)10(3)13(11)17-8-12/h5-6,12H,4,7-8H2,1-3H3. The topological polar surface area (TPSA) is 35.5 Å². The minimum atomic E-state index is -0.162. The summed E-state index contributed by atoms with van der Waals surface area (Å²) in [5, 5.41) is 0. The molecule has 1 aliphatic heterocycles. The summed E-state index contributed by atoms with van der Waals surface area (Å²) in [4.78, 5) is 11.7. The third-order valence-corrected chi connectivity index (χ3v) is 3.27. The van der Waals surface area contributed by atoms with Crippen LogP contribution in [0.4, 0.5) is 0 Å². The molecule has 0 radical (unpaired) electrons. The summed E-state index contributed by atoms with van der Waals surface area (Å²) < 4.78 is 10.7. The van der Waals surface area contributed by atoms with Gasteiger partial charge in [-0.2, -0.15) is 0 Å². The van der Waals surface area contributed by atoms with Crippen LogP contribution in [0.2, 0.25) is 0 Å². The molecule has 17 heavy (non-hydrogen) atoms. The van der Waals surface area contributed by atoms with Crippen molar-refractivity contribution in [1.29, 1.82) is 0 Å². The van der Waals surface area contributed by atoms with Gasteiger partial charge in [-0.15, -0.1) is 0 Å². The van der Waals surface area contributed by atoms with E-state index in [9.17, 15) is 4.79 Å². The van der Waals surface area contributed by atoms with E-state index in [2.05, 4.69) is 19.9 Å². The lowest BCUT2D eigenvalue weighted by atomic mass is 9.93. The molecular formula is C14H18O3. The molecule has 1 heterocycles. The van der Waals surface area contributed by atoms with Crippen LogP contribution in [0.5, 0.6) is 5.75 Å². The molecule has 3 nitrogen and oxygen atoms in total. The lowest BCUT2D eigenvalue weighted by Crippen LogP contribution is -2.30. The molecule has 0 bridgehead atoms. The number of fused-ring (bicyclic) bond motifs is 1. The van der Waals surface area contributed by atoms with Crippen molar-refractivity contribution < 1.29 is 14.3 Å². The zero-order valence-electron chi connectivity index (χ0n) is 10.6. The number of benzene rings is 1. The second-order valence-electron chi connectivity index (χ2n) is 4.46. The van der Waals surface area contributed by atoms with Crippen LogP contribution in [-0.4, -0.2) is 19.2 Å². The fourth-order valence-electron chi connectivity index (χ4n) is 2.13. The number of carbonyl (C=O) groups excluding carboxylic acids is 1. The fourth-order valence-corrected chi connectivity index (χ4v) is 2.13. The summed E-state index contributed by atoms with van der Waals surface area (Å²) in [5.74, 6) is 0.631. The van der Waals surface area contributed by atoms with Gasteiger partial charge in [0.2, 0.25) is 0 Å². The number of aryl methyl sites for hydroxylation is 1. The molecule has 0 amide bonds. The van der Waals surface area contributed by atoms with Crippen molar-refractivity contribution in [1.82, 2.24) is 0 Å². The first-order chi connectivity index (χ1) is 8.13. The van der Waals surface area contributed by atoms with Crippen LogP contribution >= 0.6 is 0 Å². The number of rotatable bonds is 2. The molecule has 2 rings (SSSR count). The van der Waals surface area contributed by atoms with E-state index in [0.717, 1.165) is 17.7 Å². The third kappa shape index (κ3) is 2.28. The quantitative estimate of drug-likeness (QED) is 0.737. The summed E-state index contributed by atoms with van der Waals surface area (Å²) in [6.45, 7) is 6.80. The Morgan fingerprint density at radius 2 is 2.24 bits per heavy atom. The molecular weight excluding hydrogens is 216 g/mol. The molecule has 0 saturated heterocycles. The molecule has 1 aromatic rings. The molecule has 1 aromatic carbocycles. The largest absolute Gasteiger partial charge is 0.492 e. The van der Waals surface area contributed by atoms with Gasteiger partial charge in [0.15, 0.2) is 0 Å². The summed E-state index contributed by atoms with van der Waals surface area (Å²) in [5.41, 5.74) is 3.50.